The maximum atomic E-state index is 12.7. The molecule has 0 saturated heterocycles. The van der Waals surface area contributed by atoms with E-state index in [9.17, 15) is 4.79 Å². The summed E-state index contributed by atoms with van der Waals surface area (Å²) in [5, 5.41) is 8.21. The minimum absolute atomic E-state index is 0.0422. The third-order valence-electron chi connectivity index (χ3n) is 4.44. The van der Waals surface area contributed by atoms with Gasteiger partial charge >= 0.3 is 0 Å². The van der Waals surface area contributed by atoms with Crippen molar-refractivity contribution in [1.29, 1.82) is 0 Å². The highest BCUT2D eigenvalue weighted by atomic mass is 16.1. The Bertz CT molecular complexity index is 885. The van der Waals surface area contributed by atoms with Gasteiger partial charge in [0.15, 0.2) is 0 Å². The number of hydrogen-bond donors (Lipinski definition) is 2. The topological polar surface area (TPSA) is 54.0 Å². The lowest BCUT2D eigenvalue weighted by atomic mass is 10.0. The molecule has 124 valence electrons. The van der Waals surface area contributed by atoms with Crippen molar-refractivity contribution < 1.29 is 4.79 Å². The zero-order valence-corrected chi connectivity index (χ0v) is 14.4. The third kappa shape index (κ3) is 2.97. The van der Waals surface area contributed by atoms with Crippen molar-refractivity contribution in [2.45, 2.75) is 32.9 Å². The van der Waals surface area contributed by atoms with E-state index in [1.165, 1.54) is 5.56 Å². The fourth-order valence-corrected chi connectivity index (χ4v) is 3.03. The Balaban J connectivity index is 2.15. The summed E-state index contributed by atoms with van der Waals surface area (Å²) in [5.41, 5.74) is 3.56. The Morgan fingerprint density at radius 3 is 2.46 bits per heavy atom. The van der Waals surface area contributed by atoms with Gasteiger partial charge in [0.1, 0.15) is 0 Å². The third-order valence-corrected chi connectivity index (χ3v) is 4.44. The molecular weight excluding hydrogens is 298 g/mol. The number of aromatic nitrogens is 1. The van der Waals surface area contributed by atoms with Crippen molar-refractivity contribution in [3.8, 4) is 0 Å². The minimum Gasteiger partial charge on any atom is -0.337 e. The molecule has 0 saturated carbocycles. The van der Waals surface area contributed by atoms with Crippen LogP contribution in [0.2, 0.25) is 0 Å². The highest BCUT2D eigenvalue weighted by Crippen LogP contribution is 2.25. The summed E-state index contributed by atoms with van der Waals surface area (Å²) >= 11 is 0. The fraction of sp³-hybridized carbons (Fsp3) is 0.300. The van der Waals surface area contributed by atoms with E-state index >= 15 is 0 Å². The van der Waals surface area contributed by atoms with Crippen LogP contribution in [0.25, 0.3) is 21.8 Å². The molecule has 4 nitrogen and oxygen atoms in total. The van der Waals surface area contributed by atoms with Crippen molar-refractivity contribution in [2.24, 2.45) is 0 Å². The molecule has 0 fully saturated rings. The average Bonchev–Trinajstić information content (AvgIpc) is 2.63. The van der Waals surface area contributed by atoms with E-state index in [1.54, 1.807) is 0 Å². The predicted octanol–water partition coefficient (Wildman–Crippen LogP) is 3.64. The van der Waals surface area contributed by atoms with E-state index < -0.39 is 0 Å². The van der Waals surface area contributed by atoms with Crippen LogP contribution in [0, 0.1) is 0 Å². The summed E-state index contributed by atoms with van der Waals surface area (Å²) in [5.74, 6) is -0.0948. The predicted molar refractivity (Wildman–Crippen MR) is 99.2 cm³/mol. The van der Waals surface area contributed by atoms with Crippen LogP contribution in [-0.4, -0.2) is 24.1 Å². The number of carbonyl (C=O) groups is 1. The van der Waals surface area contributed by atoms with Gasteiger partial charge in [0.25, 0.3) is 5.91 Å². The van der Waals surface area contributed by atoms with Gasteiger partial charge < -0.3 is 10.6 Å². The number of nitrogens with zero attached hydrogens (tertiary/aromatic N) is 1. The molecular formula is C20H23N3O. The first-order valence-corrected chi connectivity index (χ1v) is 8.47. The molecule has 0 aliphatic carbocycles. The molecule has 24 heavy (non-hydrogen) atoms. The molecule has 0 aliphatic heterocycles. The van der Waals surface area contributed by atoms with Crippen LogP contribution in [0.5, 0.6) is 0 Å². The van der Waals surface area contributed by atoms with E-state index in [0.29, 0.717) is 5.56 Å². The second kappa shape index (κ2) is 6.97. The Kier molecular flexibility index (Phi) is 4.76. The second-order valence-corrected chi connectivity index (χ2v) is 5.93. The van der Waals surface area contributed by atoms with Gasteiger partial charge in [0.2, 0.25) is 0 Å². The van der Waals surface area contributed by atoms with Crippen LogP contribution in [0.4, 0.5) is 0 Å². The summed E-state index contributed by atoms with van der Waals surface area (Å²) in [6, 6.07) is 14.1. The van der Waals surface area contributed by atoms with Crippen LogP contribution < -0.4 is 10.6 Å². The van der Waals surface area contributed by atoms with Gasteiger partial charge in [-0.1, -0.05) is 44.2 Å². The number of aryl methyl sites for hydroxylation is 1. The maximum Gasteiger partial charge on any atom is 0.254 e. The Morgan fingerprint density at radius 1 is 1.08 bits per heavy atom. The van der Waals surface area contributed by atoms with E-state index in [0.717, 1.165) is 34.6 Å². The van der Waals surface area contributed by atoms with Gasteiger partial charge in [0.05, 0.1) is 22.8 Å². The van der Waals surface area contributed by atoms with Crippen LogP contribution in [0.3, 0.4) is 0 Å². The van der Waals surface area contributed by atoms with E-state index in [-0.39, 0.29) is 12.1 Å². The lowest BCUT2D eigenvalue weighted by molar-refractivity contribution is 0.0931. The maximum absolute atomic E-state index is 12.7. The zero-order chi connectivity index (χ0) is 17.1. The van der Waals surface area contributed by atoms with Gasteiger partial charge in [-0.05, 0) is 37.6 Å². The molecule has 1 heterocycles. The molecule has 1 unspecified atom stereocenters. The number of fused-ring (bicyclic) bond motifs is 2. The molecule has 1 amide bonds. The number of carbonyl (C=O) groups excluding carboxylic acids is 1. The molecule has 1 aromatic heterocycles. The zero-order valence-electron chi connectivity index (χ0n) is 14.4. The van der Waals surface area contributed by atoms with Crippen LogP contribution >= 0.6 is 0 Å². The summed E-state index contributed by atoms with van der Waals surface area (Å²) in [4.78, 5) is 17.5. The van der Waals surface area contributed by atoms with Gasteiger partial charge in [-0.3, -0.25) is 4.79 Å². The Morgan fingerprint density at radius 2 is 1.79 bits per heavy atom. The largest absolute Gasteiger partial charge is 0.337 e. The first-order chi connectivity index (χ1) is 11.7. The molecule has 3 aromatic rings. The summed E-state index contributed by atoms with van der Waals surface area (Å²) in [7, 11) is 1.84. The molecule has 2 aromatic carbocycles. The first kappa shape index (κ1) is 16.4. The molecule has 0 aliphatic rings. The Hall–Kier alpha value is -2.46. The lowest BCUT2D eigenvalue weighted by Crippen LogP contribution is -2.43. The molecule has 0 bridgehead atoms. The van der Waals surface area contributed by atoms with E-state index in [1.807, 2.05) is 32.2 Å². The van der Waals surface area contributed by atoms with Gasteiger partial charge in [-0.15, -0.1) is 0 Å². The summed E-state index contributed by atoms with van der Waals surface area (Å²) in [6.45, 7) is 4.15. The molecule has 3 rings (SSSR count). The molecule has 4 heteroatoms. The molecule has 1 atom stereocenters. The lowest BCUT2D eigenvalue weighted by Gasteiger charge is -2.16. The van der Waals surface area contributed by atoms with Gasteiger partial charge in [0, 0.05) is 10.8 Å². The van der Waals surface area contributed by atoms with Crippen molar-refractivity contribution in [3.63, 3.8) is 0 Å². The smallest absolute Gasteiger partial charge is 0.254 e. The minimum atomic E-state index is -0.0948. The van der Waals surface area contributed by atoms with Crippen molar-refractivity contribution in [1.82, 2.24) is 15.6 Å². The summed E-state index contributed by atoms with van der Waals surface area (Å²) < 4.78 is 0. The number of benzene rings is 2. The van der Waals surface area contributed by atoms with Crippen molar-refractivity contribution in [2.75, 3.05) is 7.05 Å². The van der Waals surface area contributed by atoms with Crippen LogP contribution in [0.15, 0.2) is 42.5 Å². The number of pyridine rings is 1. The SMILES string of the molecule is CCc1cccc2cc3cccc(C(=O)NC(CC)NC)c3nc12. The number of hydrogen-bond acceptors (Lipinski definition) is 3. The van der Waals surface area contributed by atoms with Crippen molar-refractivity contribution >= 4 is 27.7 Å². The Labute approximate surface area is 142 Å². The number of rotatable bonds is 5. The number of para-hydroxylation sites is 2. The fourth-order valence-electron chi connectivity index (χ4n) is 3.03. The number of amides is 1. The van der Waals surface area contributed by atoms with Crippen molar-refractivity contribution in [3.05, 3.63) is 53.6 Å². The molecule has 0 radical (unpaired) electrons. The first-order valence-electron chi connectivity index (χ1n) is 8.47. The quantitative estimate of drug-likeness (QED) is 0.557. The normalized spacial score (nSPS) is 12.5. The second-order valence-electron chi connectivity index (χ2n) is 5.93. The van der Waals surface area contributed by atoms with E-state index in [2.05, 4.69) is 41.8 Å². The molecule has 0 spiro atoms. The van der Waals surface area contributed by atoms with Crippen LogP contribution in [-0.2, 0) is 6.42 Å². The highest BCUT2D eigenvalue weighted by molar-refractivity contribution is 6.08. The van der Waals surface area contributed by atoms with E-state index in [4.69, 9.17) is 4.98 Å². The average molecular weight is 321 g/mol. The molecule has 2 N–H and O–H groups in total. The van der Waals surface area contributed by atoms with Gasteiger partial charge in [-0.25, -0.2) is 4.98 Å². The monoisotopic (exact) mass is 321 g/mol. The van der Waals surface area contributed by atoms with Gasteiger partial charge in [-0.2, -0.15) is 0 Å². The van der Waals surface area contributed by atoms with Crippen LogP contribution in [0.1, 0.15) is 36.2 Å². The summed E-state index contributed by atoms with van der Waals surface area (Å²) in [6.07, 6.45) is 1.70. The number of nitrogens with one attached hydrogen (secondary N) is 2. The highest BCUT2D eigenvalue weighted by Gasteiger charge is 2.15. The standard InChI is InChI=1S/C20H23N3O/c1-4-13-8-6-9-14-12-15-10-7-11-16(19(15)23-18(13)14)20(24)22-17(5-2)21-3/h6-12,17,21H,4-5H2,1-3H3,(H,22,24).